The molecule has 1 amide bonds. The minimum absolute atomic E-state index is 0.0186. The van der Waals surface area contributed by atoms with Crippen molar-refractivity contribution in [2.45, 2.75) is 25.4 Å². The largest absolute Gasteiger partial charge is 0.391 e. The third kappa shape index (κ3) is 4.08. The van der Waals surface area contributed by atoms with Crippen LogP contribution in [0, 0.1) is 11.7 Å². The Labute approximate surface area is 126 Å². The van der Waals surface area contributed by atoms with Crippen LogP contribution in [-0.2, 0) is 11.2 Å². The van der Waals surface area contributed by atoms with Gasteiger partial charge in [0.1, 0.15) is 5.82 Å². The van der Waals surface area contributed by atoms with E-state index < -0.39 is 17.9 Å². The van der Waals surface area contributed by atoms with E-state index >= 15 is 0 Å². The predicted molar refractivity (Wildman–Crippen MR) is 75.6 cm³/mol. The van der Waals surface area contributed by atoms with E-state index in [1.165, 1.54) is 23.1 Å². The first-order valence-electron chi connectivity index (χ1n) is 7.06. The molecule has 1 fully saturated rings. The zero-order valence-corrected chi connectivity index (χ0v) is 12.0. The van der Waals surface area contributed by atoms with E-state index in [4.69, 9.17) is 0 Å². The molecule has 0 unspecified atom stereocenters. The number of carbonyl (C=O) groups excluding carboxylic acids is 1. The maximum atomic E-state index is 13.4. The SMILES string of the molecule is C=Cc1cc(F)cc(CC(=O)N2CCC(C(F)(F)F)CC2)c1. The third-order valence-electron chi connectivity index (χ3n) is 3.88. The molecular formula is C16H17F4NO. The van der Waals surface area contributed by atoms with Gasteiger partial charge in [-0.15, -0.1) is 0 Å². The van der Waals surface area contributed by atoms with Crippen LogP contribution in [0.4, 0.5) is 17.6 Å². The van der Waals surface area contributed by atoms with Gasteiger partial charge in [0.05, 0.1) is 12.3 Å². The van der Waals surface area contributed by atoms with Gasteiger partial charge in [0.15, 0.2) is 0 Å². The van der Waals surface area contributed by atoms with Crippen molar-refractivity contribution in [1.82, 2.24) is 4.90 Å². The maximum Gasteiger partial charge on any atom is 0.391 e. The molecule has 0 aliphatic carbocycles. The normalized spacial score (nSPS) is 16.6. The van der Waals surface area contributed by atoms with E-state index in [-0.39, 0.29) is 38.3 Å². The van der Waals surface area contributed by atoms with Gasteiger partial charge in [-0.1, -0.05) is 18.7 Å². The second kappa shape index (κ2) is 6.50. The Morgan fingerprint density at radius 1 is 1.27 bits per heavy atom. The number of amides is 1. The zero-order valence-electron chi connectivity index (χ0n) is 12.0. The molecule has 1 heterocycles. The van der Waals surface area contributed by atoms with Gasteiger partial charge in [0, 0.05) is 13.1 Å². The molecule has 0 atom stereocenters. The van der Waals surface area contributed by atoms with Crippen LogP contribution in [0.3, 0.4) is 0 Å². The second-order valence-electron chi connectivity index (χ2n) is 5.47. The number of alkyl halides is 3. The Kier molecular flexibility index (Phi) is 4.88. The van der Waals surface area contributed by atoms with E-state index in [0.717, 1.165) is 0 Å². The van der Waals surface area contributed by atoms with Gasteiger partial charge in [-0.25, -0.2) is 4.39 Å². The lowest BCUT2D eigenvalue weighted by Crippen LogP contribution is -2.42. The molecule has 2 nitrogen and oxygen atoms in total. The molecule has 0 bridgehead atoms. The fourth-order valence-electron chi connectivity index (χ4n) is 2.64. The van der Waals surface area contributed by atoms with Gasteiger partial charge in [-0.2, -0.15) is 13.2 Å². The first kappa shape index (κ1) is 16.5. The van der Waals surface area contributed by atoms with E-state index in [1.54, 1.807) is 6.07 Å². The van der Waals surface area contributed by atoms with E-state index in [2.05, 4.69) is 6.58 Å². The lowest BCUT2D eigenvalue weighted by molar-refractivity contribution is -0.186. The van der Waals surface area contributed by atoms with E-state index in [0.29, 0.717) is 11.1 Å². The van der Waals surface area contributed by atoms with Crippen LogP contribution >= 0.6 is 0 Å². The van der Waals surface area contributed by atoms with Crippen molar-refractivity contribution in [3.8, 4) is 0 Å². The summed E-state index contributed by atoms with van der Waals surface area (Å²) in [6, 6.07) is 4.21. The first-order valence-corrected chi connectivity index (χ1v) is 7.06. The highest BCUT2D eigenvalue weighted by Gasteiger charge is 2.41. The molecule has 0 N–H and O–H groups in total. The molecule has 0 saturated carbocycles. The predicted octanol–water partition coefficient (Wildman–Crippen LogP) is 3.81. The van der Waals surface area contributed by atoms with Crippen LogP contribution in [0.1, 0.15) is 24.0 Å². The minimum Gasteiger partial charge on any atom is -0.342 e. The molecule has 1 saturated heterocycles. The summed E-state index contributed by atoms with van der Waals surface area (Å²) in [7, 11) is 0. The summed E-state index contributed by atoms with van der Waals surface area (Å²) in [6.07, 6.45) is -2.88. The molecule has 6 heteroatoms. The smallest absolute Gasteiger partial charge is 0.342 e. The standard InChI is InChI=1S/C16H17F4NO/c1-2-11-7-12(9-14(17)8-11)10-15(22)21-5-3-13(4-6-21)16(18,19)20/h2,7-9,13H,1,3-6,10H2. The van der Waals surface area contributed by atoms with Gasteiger partial charge in [-0.05, 0) is 36.1 Å². The summed E-state index contributed by atoms with van der Waals surface area (Å²) in [4.78, 5) is 13.5. The van der Waals surface area contributed by atoms with Crippen LogP contribution in [0.25, 0.3) is 6.08 Å². The Bertz CT molecular complexity index is 560. The number of nitrogens with zero attached hydrogens (tertiary/aromatic N) is 1. The highest BCUT2D eigenvalue weighted by atomic mass is 19.4. The van der Waals surface area contributed by atoms with Crippen molar-refractivity contribution < 1.29 is 22.4 Å². The van der Waals surface area contributed by atoms with Crippen LogP contribution in [0.5, 0.6) is 0 Å². The number of halogens is 4. The summed E-state index contributed by atoms with van der Waals surface area (Å²) in [6.45, 7) is 3.72. The summed E-state index contributed by atoms with van der Waals surface area (Å²) in [5.74, 6) is -2.07. The van der Waals surface area contributed by atoms with Crippen molar-refractivity contribution in [2.75, 3.05) is 13.1 Å². The Morgan fingerprint density at radius 3 is 2.45 bits per heavy atom. The monoisotopic (exact) mass is 315 g/mol. The summed E-state index contributed by atoms with van der Waals surface area (Å²) in [5.41, 5.74) is 1.07. The number of benzene rings is 1. The number of piperidine rings is 1. The average molecular weight is 315 g/mol. The molecule has 0 aromatic heterocycles. The second-order valence-corrected chi connectivity index (χ2v) is 5.47. The number of rotatable bonds is 3. The topological polar surface area (TPSA) is 20.3 Å². The van der Waals surface area contributed by atoms with Crippen LogP contribution in [0.2, 0.25) is 0 Å². The van der Waals surface area contributed by atoms with Crippen molar-refractivity contribution in [1.29, 1.82) is 0 Å². The first-order chi connectivity index (χ1) is 10.3. The molecular weight excluding hydrogens is 298 g/mol. The Hall–Kier alpha value is -1.85. The molecule has 22 heavy (non-hydrogen) atoms. The fourth-order valence-corrected chi connectivity index (χ4v) is 2.64. The molecule has 2 rings (SSSR count). The van der Waals surface area contributed by atoms with Gasteiger partial charge in [0.25, 0.3) is 0 Å². The van der Waals surface area contributed by atoms with E-state index in [9.17, 15) is 22.4 Å². The summed E-state index contributed by atoms with van der Waals surface area (Å²) >= 11 is 0. The van der Waals surface area contributed by atoms with Crippen molar-refractivity contribution in [2.24, 2.45) is 5.92 Å². The summed E-state index contributed by atoms with van der Waals surface area (Å²) < 4.78 is 51.2. The minimum atomic E-state index is -4.20. The third-order valence-corrected chi connectivity index (χ3v) is 3.88. The quantitative estimate of drug-likeness (QED) is 0.777. The van der Waals surface area contributed by atoms with Crippen LogP contribution in [0.15, 0.2) is 24.8 Å². The van der Waals surface area contributed by atoms with Crippen LogP contribution in [-0.4, -0.2) is 30.1 Å². The van der Waals surface area contributed by atoms with Gasteiger partial charge in [0.2, 0.25) is 5.91 Å². The highest BCUT2D eigenvalue weighted by molar-refractivity contribution is 5.79. The number of hydrogen-bond acceptors (Lipinski definition) is 1. The number of carbonyl (C=O) groups is 1. The van der Waals surface area contributed by atoms with Gasteiger partial charge in [-0.3, -0.25) is 4.79 Å². The molecule has 0 radical (unpaired) electrons. The summed E-state index contributed by atoms with van der Waals surface area (Å²) in [5, 5.41) is 0. The zero-order chi connectivity index (χ0) is 16.3. The number of likely N-dealkylation sites (tertiary alicyclic amines) is 1. The molecule has 1 aliphatic rings. The Balaban J connectivity index is 1.96. The van der Waals surface area contributed by atoms with Gasteiger partial charge >= 0.3 is 6.18 Å². The molecule has 120 valence electrons. The fraction of sp³-hybridized carbons (Fsp3) is 0.438. The van der Waals surface area contributed by atoms with Crippen molar-refractivity contribution in [3.05, 3.63) is 41.7 Å². The Morgan fingerprint density at radius 2 is 1.91 bits per heavy atom. The van der Waals surface area contributed by atoms with Crippen molar-refractivity contribution >= 4 is 12.0 Å². The average Bonchev–Trinajstić information content (AvgIpc) is 2.45. The van der Waals surface area contributed by atoms with Crippen LogP contribution < -0.4 is 0 Å². The van der Waals surface area contributed by atoms with Gasteiger partial charge < -0.3 is 4.90 Å². The maximum absolute atomic E-state index is 13.4. The lowest BCUT2D eigenvalue weighted by atomic mass is 9.96. The lowest BCUT2D eigenvalue weighted by Gasteiger charge is -2.33. The molecule has 1 aromatic carbocycles. The molecule has 1 aliphatic heterocycles. The number of hydrogen-bond donors (Lipinski definition) is 0. The molecule has 0 spiro atoms. The van der Waals surface area contributed by atoms with E-state index in [1.807, 2.05) is 0 Å². The highest BCUT2D eigenvalue weighted by Crippen LogP contribution is 2.34. The molecule has 1 aromatic rings. The van der Waals surface area contributed by atoms with Crippen molar-refractivity contribution in [3.63, 3.8) is 0 Å².